The third-order valence-corrected chi connectivity index (χ3v) is 4.82. The van der Waals surface area contributed by atoms with Crippen molar-refractivity contribution in [2.75, 3.05) is 29.9 Å². The maximum absolute atomic E-state index is 5.99. The van der Waals surface area contributed by atoms with Gasteiger partial charge in [-0.1, -0.05) is 30.3 Å². The first-order chi connectivity index (χ1) is 13.2. The lowest BCUT2D eigenvalue weighted by molar-refractivity contribution is 0.495. The van der Waals surface area contributed by atoms with E-state index in [0.29, 0.717) is 18.4 Å². The minimum Gasteiger partial charge on any atom is -0.341 e. The van der Waals surface area contributed by atoms with E-state index in [9.17, 15) is 0 Å². The molecule has 2 aromatic heterocycles. The first-order valence-electron chi connectivity index (χ1n) is 9.19. The number of aromatic amines is 1. The number of benzene rings is 1. The molecular formula is C19H24N8. The van der Waals surface area contributed by atoms with Gasteiger partial charge in [-0.15, -0.1) is 0 Å². The molecule has 1 aromatic carbocycles. The Bertz CT molecular complexity index is 870. The molecule has 1 aliphatic heterocycles. The average molecular weight is 364 g/mol. The molecule has 0 spiro atoms. The number of hydrogen-bond acceptors (Lipinski definition) is 7. The van der Waals surface area contributed by atoms with Crippen LogP contribution in [-0.4, -0.2) is 51.3 Å². The van der Waals surface area contributed by atoms with Gasteiger partial charge in [-0.05, 0) is 18.9 Å². The molecule has 8 nitrogen and oxygen atoms in total. The number of nitrogens with zero attached hydrogens (tertiary/aromatic N) is 6. The molecule has 4 rings (SSSR count). The average Bonchev–Trinajstić information content (AvgIpc) is 3.18. The van der Waals surface area contributed by atoms with Gasteiger partial charge in [0.25, 0.3) is 0 Å². The molecule has 0 aliphatic carbocycles. The van der Waals surface area contributed by atoms with E-state index in [1.54, 1.807) is 6.33 Å². The predicted molar refractivity (Wildman–Crippen MR) is 105 cm³/mol. The van der Waals surface area contributed by atoms with Gasteiger partial charge in [0.05, 0.1) is 17.9 Å². The van der Waals surface area contributed by atoms with Gasteiger partial charge in [-0.3, -0.25) is 5.10 Å². The third-order valence-electron chi connectivity index (χ3n) is 4.82. The molecule has 0 atom stereocenters. The summed E-state index contributed by atoms with van der Waals surface area (Å²) >= 11 is 0. The first kappa shape index (κ1) is 17.4. The molecule has 3 heterocycles. The van der Waals surface area contributed by atoms with Crippen LogP contribution in [0.5, 0.6) is 0 Å². The highest BCUT2D eigenvalue weighted by molar-refractivity contribution is 5.59. The Morgan fingerprint density at radius 1 is 1.19 bits per heavy atom. The topological polar surface area (TPSA) is 99.9 Å². The number of aromatic nitrogens is 5. The van der Waals surface area contributed by atoms with Crippen molar-refractivity contribution in [3.63, 3.8) is 0 Å². The van der Waals surface area contributed by atoms with E-state index >= 15 is 0 Å². The van der Waals surface area contributed by atoms with Gasteiger partial charge in [-0.25, -0.2) is 9.97 Å². The van der Waals surface area contributed by atoms with Gasteiger partial charge in [0, 0.05) is 31.7 Å². The van der Waals surface area contributed by atoms with Gasteiger partial charge in [-0.2, -0.15) is 10.1 Å². The molecule has 1 fully saturated rings. The largest absolute Gasteiger partial charge is 0.341 e. The van der Waals surface area contributed by atoms with Crippen molar-refractivity contribution in [3.8, 4) is 11.3 Å². The normalized spacial score (nSPS) is 15.1. The molecule has 0 amide bonds. The maximum Gasteiger partial charge on any atom is 0.230 e. The van der Waals surface area contributed by atoms with Crippen molar-refractivity contribution in [1.82, 2.24) is 25.1 Å². The van der Waals surface area contributed by atoms with E-state index in [4.69, 9.17) is 5.73 Å². The zero-order valence-corrected chi connectivity index (χ0v) is 15.4. The lowest BCUT2D eigenvalue weighted by atomic mass is 10.1. The molecule has 1 saturated heterocycles. The SMILES string of the molecule is CN(Cc1cc(-c2ccccc2)n[nH]1)c1ncnc(N2CCC(N)CC2)n1. The fourth-order valence-corrected chi connectivity index (χ4v) is 3.24. The highest BCUT2D eigenvalue weighted by Gasteiger charge is 2.19. The molecular weight excluding hydrogens is 340 g/mol. The van der Waals surface area contributed by atoms with Gasteiger partial charge < -0.3 is 15.5 Å². The summed E-state index contributed by atoms with van der Waals surface area (Å²) in [4.78, 5) is 17.5. The lowest BCUT2D eigenvalue weighted by Crippen LogP contribution is -2.40. The third kappa shape index (κ3) is 4.06. The van der Waals surface area contributed by atoms with E-state index in [1.165, 1.54) is 0 Å². The molecule has 0 unspecified atom stereocenters. The zero-order chi connectivity index (χ0) is 18.6. The van der Waals surface area contributed by atoms with Crippen molar-refractivity contribution in [2.45, 2.75) is 25.4 Å². The molecule has 140 valence electrons. The van der Waals surface area contributed by atoms with Crippen LogP contribution in [0, 0.1) is 0 Å². The van der Waals surface area contributed by atoms with Crippen LogP contribution in [-0.2, 0) is 6.54 Å². The minimum absolute atomic E-state index is 0.282. The quantitative estimate of drug-likeness (QED) is 0.712. The van der Waals surface area contributed by atoms with Crippen molar-refractivity contribution >= 4 is 11.9 Å². The van der Waals surface area contributed by atoms with Crippen molar-refractivity contribution in [1.29, 1.82) is 0 Å². The number of rotatable bonds is 5. The van der Waals surface area contributed by atoms with Gasteiger partial charge in [0.15, 0.2) is 0 Å². The molecule has 3 N–H and O–H groups in total. The fraction of sp³-hybridized carbons (Fsp3) is 0.368. The second kappa shape index (κ2) is 7.71. The van der Waals surface area contributed by atoms with Crippen molar-refractivity contribution in [3.05, 3.63) is 48.4 Å². The summed E-state index contributed by atoms with van der Waals surface area (Å²) in [6, 6.07) is 12.5. The summed E-state index contributed by atoms with van der Waals surface area (Å²) < 4.78 is 0. The molecule has 0 bridgehead atoms. The van der Waals surface area contributed by atoms with Crippen LogP contribution in [0.2, 0.25) is 0 Å². The molecule has 0 saturated carbocycles. The van der Waals surface area contributed by atoms with Gasteiger partial charge in [0.1, 0.15) is 6.33 Å². The maximum atomic E-state index is 5.99. The molecule has 27 heavy (non-hydrogen) atoms. The Balaban J connectivity index is 1.45. The van der Waals surface area contributed by atoms with E-state index in [1.807, 2.05) is 42.3 Å². The number of nitrogens with one attached hydrogen (secondary N) is 1. The summed E-state index contributed by atoms with van der Waals surface area (Å²) in [5.41, 5.74) is 9.01. The number of H-pyrrole nitrogens is 1. The minimum atomic E-state index is 0.282. The first-order valence-corrected chi connectivity index (χ1v) is 9.19. The summed E-state index contributed by atoms with van der Waals surface area (Å²) in [5, 5.41) is 7.51. The Morgan fingerprint density at radius 3 is 2.74 bits per heavy atom. The Morgan fingerprint density at radius 2 is 1.96 bits per heavy atom. The Hall–Kier alpha value is -3.00. The van der Waals surface area contributed by atoms with Gasteiger partial charge >= 0.3 is 0 Å². The fourth-order valence-electron chi connectivity index (χ4n) is 3.24. The van der Waals surface area contributed by atoms with E-state index in [-0.39, 0.29) is 6.04 Å². The smallest absolute Gasteiger partial charge is 0.230 e. The Kier molecular flexibility index (Phi) is 4.97. The van der Waals surface area contributed by atoms with Crippen LogP contribution in [0.25, 0.3) is 11.3 Å². The van der Waals surface area contributed by atoms with Crippen LogP contribution in [0.4, 0.5) is 11.9 Å². The lowest BCUT2D eigenvalue weighted by Gasteiger charge is -2.30. The van der Waals surface area contributed by atoms with Crippen LogP contribution >= 0.6 is 0 Å². The molecule has 1 aliphatic rings. The van der Waals surface area contributed by atoms with E-state index in [2.05, 4.69) is 36.1 Å². The second-order valence-corrected chi connectivity index (χ2v) is 6.91. The number of nitrogens with two attached hydrogens (primary N) is 1. The predicted octanol–water partition coefficient (Wildman–Crippen LogP) is 1.83. The Labute approximate surface area is 158 Å². The van der Waals surface area contributed by atoms with Crippen LogP contribution < -0.4 is 15.5 Å². The van der Waals surface area contributed by atoms with Crippen molar-refractivity contribution < 1.29 is 0 Å². The summed E-state index contributed by atoms with van der Waals surface area (Å²) in [6.07, 6.45) is 3.51. The zero-order valence-electron chi connectivity index (χ0n) is 15.4. The molecule has 3 aromatic rings. The summed E-state index contributed by atoms with van der Waals surface area (Å²) in [7, 11) is 1.97. The van der Waals surface area contributed by atoms with Gasteiger partial charge in [0.2, 0.25) is 11.9 Å². The van der Waals surface area contributed by atoms with E-state index in [0.717, 1.165) is 42.9 Å². The standard InChI is InChI=1S/C19H24N8/c1-26(12-16-11-17(25-24-16)14-5-3-2-4-6-14)18-21-13-22-19(23-18)27-9-7-15(20)8-10-27/h2-6,11,13,15H,7-10,12,20H2,1H3,(H,24,25). The molecule has 0 radical (unpaired) electrons. The number of piperidine rings is 1. The van der Waals surface area contributed by atoms with Crippen LogP contribution in [0.15, 0.2) is 42.7 Å². The van der Waals surface area contributed by atoms with Crippen LogP contribution in [0.3, 0.4) is 0 Å². The number of hydrogen-bond donors (Lipinski definition) is 2. The van der Waals surface area contributed by atoms with Crippen molar-refractivity contribution in [2.24, 2.45) is 5.73 Å². The number of anilines is 2. The highest BCUT2D eigenvalue weighted by Crippen LogP contribution is 2.20. The molecule has 8 heteroatoms. The summed E-state index contributed by atoms with van der Waals surface area (Å²) in [5.74, 6) is 1.36. The van der Waals surface area contributed by atoms with Crippen LogP contribution in [0.1, 0.15) is 18.5 Å². The second-order valence-electron chi connectivity index (χ2n) is 6.91. The summed E-state index contributed by atoms with van der Waals surface area (Å²) in [6.45, 7) is 2.40. The van der Waals surface area contributed by atoms with E-state index < -0.39 is 0 Å². The highest BCUT2D eigenvalue weighted by atomic mass is 15.3. The monoisotopic (exact) mass is 364 g/mol.